The number of aryl methyl sites for hydroxylation is 1. The van der Waals surface area contributed by atoms with E-state index in [0.29, 0.717) is 30.7 Å². The second-order valence-electron chi connectivity index (χ2n) is 8.01. The van der Waals surface area contributed by atoms with Gasteiger partial charge in [-0.3, -0.25) is 19.7 Å². The van der Waals surface area contributed by atoms with Crippen LogP contribution in [0.5, 0.6) is 11.5 Å². The molecule has 3 aromatic rings. The van der Waals surface area contributed by atoms with Crippen molar-refractivity contribution in [1.82, 2.24) is 24.4 Å². The van der Waals surface area contributed by atoms with Crippen molar-refractivity contribution in [3.8, 4) is 11.5 Å². The van der Waals surface area contributed by atoms with Crippen LogP contribution in [0.2, 0.25) is 0 Å². The van der Waals surface area contributed by atoms with E-state index < -0.39 is 6.23 Å². The average Bonchev–Trinajstić information content (AvgIpc) is 3.36. The fraction of sp³-hybridized carbons (Fsp3) is 0.375. The van der Waals surface area contributed by atoms with Crippen LogP contribution in [0.25, 0.3) is 11.0 Å². The van der Waals surface area contributed by atoms with Gasteiger partial charge in [0.2, 0.25) is 0 Å². The molecule has 4 rings (SSSR count). The van der Waals surface area contributed by atoms with Gasteiger partial charge in [-0.25, -0.2) is 9.37 Å². The summed E-state index contributed by atoms with van der Waals surface area (Å²) in [6.07, 6.45) is 11.3. The van der Waals surface area contributed by atoms with Crippen molar-refractivity contribution >= 4 is 11.0 Å². The number of aromatic nitrogens is 4. The van der Waals surface area contributed by atoms with E-state index in [2.05, 4.69) is 15.3 Å². The van der Waals surface area contributed by atoms with Crippen LogP contribution in [-0.4, -0.2) is 44.5 Å². The number of allylic oxidation sites excluding steroid dienone is 4. The Morgan fingerprint density at radius 1 is 1.50 bits per heavy atom. The van der Waals surface area contributed by atoms with Crippen LogP contribution in [-0.2, 0) is 24.2 Å². The van der Waals surface area contributed by atoms with Crippen molar-refractivity contribution in [2.24, 2.45) is 0 Å². The highest BCUT2D eigenvalue weighted by Gasteiger charge is 2.31. The van der Waals surface area contributed by atoms with Crippen LogP contribution in [0, 0.1) is 0 Å². The smallest absolute Gasteiger partial charge is 0.262 e. The Balaban J connectivity index is 1.82. The number of ether oxygens (including phenoxy) is 2. The van der Waals surface area contributed by atoms with Gasteiger partial charge in [0.15, 0.2) is 11.5 Å². The molecule has 0 saturated heterocycles. The Bertz CT molecular complexity index is 1280. The van der Waals surface area contributed by atoms with Gasteiger partial charge in [0.05, 0.1) is 19.4 Å². The van der Waals surface area contributed by atoms with Gasteiger partial charge in [0, 0.05) is 31.3 Å². The number of nitrogens with one attached hydrogen (secondary N) is 1. The third-order valence-corrected chi connectivity index (χ3v) is 5.84. The van der Waals surface area contributed by atoms with Gasteiger partial charge in [-0.2, -0.15) is 0 Å². The summed E-state index contributed by atoms with van der Waals surface area (Å²) in [5.41, 5.74) is 1.20. The third-order valence-electron chi connectivity index (χ3n) is 5.84. The van der Waals surface area contributed by atoms with E-state index in [4.69, 9.17) is 9.47 Å². The zero-order chi connectivity index (χ0) is 24.2. The average molecular weight is 470 g/mol. The summed E-state index contributed by atoms with van der Waals surface area (Å²) in [6.45, 7) is 2.39. The van der Waals surface area contributed by atoms with E-state index in [9.17, 15) is 14.3 Å². The lowest BCUT2D eigenvalue weighted by atomic mass is 10.0. The number of halogens is 1. The molecule has 10 heteroatoms. The second-order valence-corrected chi connectivity index (χ2v) is 8.01. The molecule has 2 N–H and O–H groups in total. The summed E-state index contributed by atoms with van der Waals surface area (Å²) in [5.74, 6) is -0.0475. The monoisotopic (exact) mass is 469 g/mol. The number of hydrogen-bond acceptors (Lipinski definition) is 7. The van der Waals surface area contributed by atoms with Gasteiger partial charge >= 0.3 is 0 Å². The molecule has 9 nitrogen and oxygen atoms in total. The highest BCUT2D eigenvalue weighted by molar-refractivity contribution is 5.89. The van der Waals surface area contributed by atoms with E-state index in [-0.39, 0.29) is 40.9 Å². The van der Waals surface area contributed by atoms with E-state index in [0.717, 1.165) is 5.56 Å². The first-order chi connectivity index (χ1) is 16.5. The number of rotatable bonds is 9. The molecule has 3 aromatic heterocycles. The third kappa shape index (κ3) is 4.46. The summed E-state index contributed by atoms with van der Waals surface area (Å²) >= 11 is 0. The van der Waals surface area contributed by atoms with Crippen molar-refractivity contribution in [2.45, 2.75) is 45.2 Å². The zero-order valence-electron chi connectivity index (χ0n) is 19.4. The molecule has 0 aromatic carbocycles. The summed E-state index contributed by atoms with van der Waals surface area (Å²) < 4.78 is 28.6. The highest BCUT2D eigenvalue weighted by atomic mass is 19.1. The number of aromatic hydroxyl groups is 1. The summed E-state index contributed by atoms with van der Waals surface area (Å²) in [7, 11) is 3.10. The maximum Gasteiger partial charge on any atom is 0.262 e. The van der Waals surface area contributed by atoms with Gasteiger partial charge < -0.3 is 19.1 Å². The maximum atomic E-state index is 13.5. The lowest BCUT2D eigenvalue weighted by Crippen LogP contribution is -2.40. The molecular formula is C24H28FN5O4. The first kappa shape index (κ1) is 23.7. The van der Waals surface area contributed by atoms with Crippen molar-refractivity contribution in [3.05, 3.63) is 70.5 Å². The maximum absolute atomic E-state index is 13.5. The molecule has 180 valence electrons. The minimum atomic E-state index is -0.799. The van der Waals surface area contributed by atoms with Crippen LogP contribution >= 0.6 is 0 Å². The molecule has 0 radical (unpaired) electrons. The van der Waals surface area contributed by atoms with E-state index in [1.165, 1.54) is 19.3 Å². The molecule has 0 aliphatic carbocycles. The summed E-state index contributed by atoms with van der Waals surface area (Å²) in [4.78, 5) is 22.1. The first-order valence-corrected chi connectivity index (χ1v) is 11.1. The highest BCUT2D eigenvalue weighted by Crippen LogP contribution is 2.38. The molecule has 0 amide bonds. The zero-order valence-corrected chi connectivity index (χ0v) is 19.4. The van der Waals surface area contributed by atoms with E-state index >= 15 is 0 Å². The van der Waals surface area contributed by atoms with Crippen molar-refractivity contribution in [2.75, 3.05) is 14.2 Å². The number of methoxy groups -OCH3 is 1. The minimum absolute atomic E-state index is 0.0942. The predicted molar refractivity (Wildman–Crippen MR) is 125 cm³/mol. The molecule has 2 unspecified atom stereocenters. The van der Waals surface area contributed by atoms with Crippen molar-refractivity contribution < 1.29 is 19.0 Å². The molecule has 0 saturated carbocycles. The second kappa shape index (κ2) is 10.2. The van der Waals surface area contributed by atoms with E-state index in [1.807, 2.05) is 10.8 Å². The van der Waals surface area contributed by atoms with Crippen LogP contribution in [0.15, 0.2) is 53.8 Å². The van der Waals surface area contributed by atoms with Gasteiger partial charge in [-0.05, 0) is 32.9 Å². The molecule has 0 spiro atoms. The fourth-order valence-electron chi connectivity index (χ4n) is 4.18. The molecule has 0 bridgehead atoms. The molecule has 34 heavy (non-hydrogen) atoms. The number of nitrogens with zero attached hydrogens (tertiary/aromatic N) is 4. The van der Waals surface area contributed by atoms with Crippen LogP contribution < -0.4 is 15.6 Å². The van der Waals surface area contributed by atoms with Gasteiger partial charge in [0.1, 0.15) is 34.8 Å². The van der Waals surface area contributed by atoms with Crippen LogP contribution in [0.1, 0.15) is 30.7 Å². The van der Waals surface area contributed by atoms with Gasteiger partial charge in [-0.1, -0.05) is 12.2 Å². The van der Waals surface area contributed by atoms with Crippen molar-refractivity contribution in [1.29, 1.82) is 0 Å². The van der Waals surface area contributed by atoms with Gasteiger partial charge in [-0.15, -0.1) is 0 Å². The summed E-state index contributed by atoms with van der Waals surface area (Å²) in [6, 6.07) is 0. The lowest BCUT2D eigenvalue weighted by Gasteiger charge is -2.30. The molecule has 0 fully saturated rings. The Morgan fingerprint density at radius 2 is 2.32 bits per heavy atom. The Labute approximate surface area is 196 Å². The van der Waals surface area contributed by atoms with E-state index in [1.54, 1.807) is 43.3 Å². The molecular weight excluding hydrogens is 441 g/mol. The quantitative estimate of drug-likeness (QED) is 0.367. The number of imidazole rings is 1. The first-order valence-electron chi connectivity index (χ1n) is 11.1. The van der Waals surface area contributed by atoms with Crippen LogP contribution in [0.4, 0.5) is 4.39 Å². The molecule has 4 heterocycles. The standard InChI is InChI=1S/C24H28FN5O4/c1-4-16(25)8-6-5-7-15-11-28-19-20-22(15)34-17(12-29-10-9-27-14-29)13-30(20)24(32)18(21(19)31)23(26-2)33-3/h4,6,8-11,14,17,23,26,31H,5,7,12-13H2,1-3H3. The number of hydrogen-bond donors (Lipinski definition) is 2. The Kier molecular flexibility index (Phi) is 7.09. The minimum Gasteiger partial charge on any atom is -0.505 e. The number of pyridine rings is 2. The van der Waals surface area contributed by atoms with Gasteiger partial charge in [0.25, 0.3) is 5.56 Å². The van der Waals surface area contributed by atoms with Crippen LogP contribution in [0.3, 0.4) is 0 Å². The largest absolute Gasteiger partial charge is 0.505 e. The molecule has 1 aliphatic heterocycles. The normalized spacial score (nSPS) is 16.8. The predicted octanol–water partition coefficient (Wildman–Crippen LogP) is 2.99. The topological polar surface area (TPSA) is 103 Å². The molecule has 1 aliphatic rings. The fourth-order valence-corrected chi connectivity index (χ4v) is 4.18. The lowest BCUT2D eigenvalue weighted by molar-refractivity contribution is 0.0765. The summed E-state index contributed by atoms with van der Waals surface area (Å²) in [5, 5.41) is 13.9. The SMILES string of the molecule is CC=C(F)C=CCCc1cnc2c(O)c(C(NC)OC)c(=O)n3c2c1OC(Cn1ccnc1)C3. The Morgan fingerprint density at radius 3 is 3.00 bits per heavy atom. The molecule has 2 atom stereocenters. The Hall–Kier alpha value is -3.50. The van der Waals surface area contributed by atoms with Crippen molar-refractivity contribution in [3.63, 3.8) is 0 Å².